The fraction of sp³-hybridized carbons (Fsp3) is 0.692. The van der Waals surface area contributed by atoms with E-state index >= 15 is 0 Å². The van der Waals surface area contributed by atoms with Gasteiger partial charge in [-0.15, -0.1) is 0 Å². The molecule has 9 heteroatoms. The van der Waals surface area contributed by atoms with Crippen molar-refractivity contribution in [3.8, 4) is 0 Å². The number of methoxy groups -OCH3 is 1. The predicted molar refractivity (Wildman–Crippen MR) is 140 cm³/mol. The number of alkyl carbamates (subject to hydrolysis) is 1. The van der Waals surface area contributed by atoms with Gasteiger partial charge in [0.05, 0.1) is 19.8 Å². The maximum Gasteiger partial charge on any atom is 0.406 e. The average molecular weight is 511 g/mol. The van der Waals surface area contributed by atoms with Crippen LogP contribution in [0.1, 0.15) is 57.1 Å². The van der Waals surface area contributed by atoms with Gasteiger partial charge in [-0.3, -0.25) is 0 Å². The summed E-state index contributed by atoms with van der Waals surface area (Å²) < 4.78 is 10.7. The molecule has 0 saturated heterocycles. The van der Waals surface area contributed by atoms with Crippen LogP contribution in [0.2, 0.25) is 5.02 Å². The molecule has 1 aliphatic rings. The molecule has 35 heavy (non-hydrogen) atoms. The zero-order chi connectivity index (χ0) is 25.6. The lowest BCUT2D eigenvalue weighted by Gasteiger charge is -2.31. The van der Waals surface area contributed by atoms with Crippen LogP contribution < -0.4 is 16.0 Å². The van der Waals surface area contributed by atoms with E-state index in [1.54, 1.807) is 4.90 Å². The van der Waals surface area contributed by atoms with Crippen molar-refractivity contribution in [2.75, 3.05) is 47.4 Å². The molecule has 1 saturated carbocycles. The first-order valence-corrected chi connectivity index (χ1v) is 13.1. The van der Waals surface area contributed by atoms with Gasteiger partial charge in [0, 0.05) is 43.7 Å². The van der Waals surface area contributed by atoms with Gasteiger partial charge in [-0.05, 0) is 37.1 Å². The van der Waals surface area contributed by atoms with Crippen LogP contribution in [-0.4, -0.2) is 70.5 Å². The molecule has 0 spiro atoms. The third-order valence-corrected chi connectivity index (χ3v) is 6.81. The lowest BCUT2D eigenvalue weighted by atomic mass is 9.85. The summed E-state index contributed by atoms with van der Waals surface area (Å²) in [4.78, 5) is 26.1. The minimum atomic E-state index is -0.498. The standard InChI is InChI=1S/C26H43ClN4O4/c1-19(24(21-11-8-12-22(27)16-21)35-14-13-29-26(33)34-4)18-31(3)25(32)30-23(17-28-2)15-20-9-6-5-7-10-20/h8,11-12,16,19-20,23-24,28H,5-7,9-10,13-15,17-18H2,1-4H3,(H,29,33)(H,30,32)/t19-,23-,24-/m0/s1. The largest absolute Gasteiger partial charge is 0.453 e. The van der Waals surface area contributed by atoms with E-state index in [2.05, 4.69) is 27.6 Å². The molecule has 3 amide bonds. The van der Waals surface area contributed by atoms with Crippen LogP contribution in [-0.2, 0) is 9.47 Å². The summed E-state index contributed by atoms with van der Waals surface area (Å²) in [5.41, 5.74) is 0.933. The molecule has 8 nitrogen and oxygen atoms in total. The zero-order valence-corrected chi connectivity index (χ0v) is 22.4. The van der Waals surface area contributed by atoms with Gasteiger partial charge < -0.3 is 30.3 Å². The molecule has 0 radical (unpaired) electrons. The molecule has 3 atom stereocenters. The Kier molecular flexibility index (Phi) is 13.2. The lowest BCUT2D eigenvalue weighted by Crippen LogP contribution is -2.48. The Hall–Kier alpha value is -2.03. The monoisotopic (exact) mass is 510 g/mol. The van der Waals surface area contributed by atoms with E-state index in [9.17, 15) is 9.59 Å². The molecule has 1 aliphatic carbocycles. The van der Waals surface area contributed by atoms with Gasteiger partial charge in [-0.1, -0.05) is 62.8 Å². The van der Waals surface area contributed by atoms with Gasteiger partial charge in [0.15, 0.2) is 0 Å². The molecular weight excluding hydrogens is 468 g/mol. The van der Waals surface area contributed by atoms with Crippen LogP contribution in [0, 0.1) is 11.8 Å². The number of urea groups is 1. The minimum Gasteiger partial charge on any atom is -0.453 e. The topological polar surface area (TPSA) is 91.9 Å². The number of rotatable bonds is 13. The van der Waals surface area contributed by atoms with E-state index in [0.717, 1.165) is 18.5 Å². The first-order valence-electron chi connectivity index (χ1n) is 12.7. The van der Waals surface area contributed by atoms with E-state index in [-0.39, 0.29) is 24.1 Å². The van der Waals surface area contributed by atoms with Crippen molar-refractivity contribution in [1.82, 2.24) is 20.9 Å². The van der Waals surface area contributed by atoms with Crippen molar-refractivity contribution in [1.29, 1.82) is 0 Å². The normalized spacial score (nSPS) is 16.7. The average Bonchev–Trinajstić information content (AvgIpc) is 2.84. The molecule has 1 fully saturated rings. The molecule has 0 aromatic heterocycles. The van der Waals surface area contributed by atoms with Crippen molar-refractivity contribution >= 4 is 23.7 Å². The summed E-state index contributed by atoms with van der Waals surface area (Å²) in [6.45, 7) is 3.93. The van der Waals surface area contributed by atoms with Crippen molar-refractivity contribution in [2.24, 2.45) is 11.8 Å². The van der Waals surface area contributed by atoms with Gasteiger partial charge in [0.25, 0.3) is 0 Å². The fourth-order valence-electron chi connectivity index (χ4n) is 4.84. The summed E-state index contributed by atoms with van der Waals surface area (Å²) in [7, 11) is 5.06. The summed E-state index contributed by atoms with van der Waals surface area (Å²) in [6, 6.07) is 7.58. The van der Waals surface area contributed by atoms with Gasteiger partial charge in [0.2, 0.25) is 0 Å². The highest BCUT2D eigenvalue weighted by atomic mass is 35.5. The molecule has 3 N–H and O–H groups in total. The Labute approximate surface area is 215 Å². The number of ether oxygens (including phenoxy) is 2. The molecule has 198 valence electrons. The second-order valence-corrected chi connectivity index (χ2v) is 10.0. The Balaban J connectivity index is 1.96. The highest BCUT2D eigenvalue weighted by molar-refractivity contribution is 6.30. The van der Waals surface area contributed by atoms with E-state index in [0.29, 0.717) is 30.6 Å². The predicted octanol–water partition coefficient (Wildman–Crippen LogP) is 4.59. The lowest BCUT2D eigenvalue weighted by molar-refractivity contribution is 0.0113. The van der Waals surface area contributed by atoms with Crippen LogP contribution >= 0.6 is 11.6 Å². The second kappa shape index (κ2) is 15.9. The third-order valence-electron chi connectivity index (χ3n) is 6.58. The Morgan fingerprint density at radius 1 is 1.23 bits per heavy atom. The zero-order valence-electron chi connectivity index (χ0n) is 21.6. The van der Waals surface area contributed by atoms with E-state index in [1.165, 1.54) is 39.2 Å². The highest BCUT2D eigenvalue weighted by Crippen LogP contribution is 2.29. The number of hydrogen-bond donors (Lipinski definition) is 3. The maximum atomic E-state index is 13.1. The van der Waals surface area contributed by atoms with Gasteiger partial charge in [0.1, 0.15) is 0 Å². The van der Waals surface area contributed by atoms with Gasteiger partial charge in [-0.2, -0.15) is 0 Å². The van der Waals surface area contributed by atoms with Crippen LogP contribution in [0.3, 0.4) is 0 Å². The first-order chi connectivity index (χ1) is 16.8. The molecular formula is C26H43ClN4O4. The van der Waals surface area contributed by atoms with Crippen LogP contribution in [0.15, 0.2) is 24.3 Å². The van der Waals surface area contributed by atoms with Crippen LogP contribution in [0.25, 0.3) is 0 Å². The number of nitrogens with zero attached hydrogens (tertiary/aromatic N) is 1. The van der Waals surface area contributed by atoms with E-state index in [1.807, 2.05) is 38.4 Å². The Morgan fingerprint density at radius 2 is 1.97 bits per heavy atom. The second-order valence-electron chi connectivity index (χ2n) is 9.57. The van der Waals surface area contributed by atoms with Crippen molar-refractivity contribution in [3.05, 3.63) is 34.9 Å². The number of benzene rings is 1. The number of nitrogens with one attached hydrogen (secondary N) is 3. The minimum absolute atomic E-state index is 0.0107. The molecule has 0 aliphatic heterocycles. The van der Waals surface area contributed by atoms with Crippen molar-refractivity contribution in [2.45, 2.75) is 57.6 Å². The van der Waals surface area contributed by atoms with Gasteiger partial charge in [-0.25, -0.2) is 9.59 Å². The van der Waals surface area contributed by atoms with Crippen molar-refractivity contribution < 1.29 is 19.1 Å². The molecule has 0 unspecified atom stereocenters. The fourth-order valence-corrected chi connectivity index (χ4v) is 5.04. The quantitative estimate of drug-likeness (QED) is 0.337. The first kappa shape index (κ1) is 29.2. The number of amides is 3. The maximum absolute atomic E-state index is 13.1. The molecule has 0 heterocycles. The Morgan fingerprint density at radius 3 is 2.63 bits per heavy atom. The molecule has 2 rings (SSSR count). The number of hydrogen-bond acceptors (Lipinski definition) is 5. The van der Waals surface area contributed by atoms with Crippen LogP contribution in [0.4, 0.5) is 9.59 Å². The smallest absolute Gasteiger partial charge is 0.406 e. The Bertz CT molecular complexity index is 775. The summed E-state index contributed by atoms with van der Waals surface area (Å²) in [5.74, 6) is 0.675. The van der Waals surface area contributed by atoms with Gasteiger partial charge >= 0.3 is 12.1 Å². The van der Waals surface area contributed by atoms with Crippen molar-refractivity contribution in [3.63, 3.8) is 0 Å². The summed E-state index contributed by atoms with van der Waals surface area (Å²) in [6.07, 6.45) is 6.65. The highest BCUT2D eigenvalue weighted by Gasteiger charge is 2.25. The number of halogens is 1. The number of carbonyl (C=O) groups is 2. The van der Waals surface area contributed by atoms with E-state index in [4.69, 9.17) is 16.3 Å². The third kappa shape index (κ3) is 10.6. The summed E-state index contributed by atoms with van der Waals surface area (Å²) >= 11 is 6.23. The molecule has 0 bridgehead atoms. The van der Waals surface area contributed by atoms with E-state index < -0.39 is 6.09 Å². The number of carbonyl (C=O) groups excluding carboxylic acids is 2. The molecule has 1 aromatic rings. The number of likely N-dealkylation sites (N-methyl/N-ethyl adjacent to an activating group) is 1. The summed E-state index contributed by atoms with van der Waals surface area (Å²) in [5, 5.41) is 9.70. The SMILES string of the molecule is CNC[C@H](CC1CCCCC1)NC(=O)N(C)C[C@H](C)[C@H](OCCNC(=O)OC)c1cccc(Cl)c1. The van der Waals surface area contributed by atoms with Crippen LogP contribution in [0.5, 0.6) is 0 Å². The molecule has 1 aromatic carbocycles.